The van der Waals surface area contributed by atoms with E-state index in [9.17, 15) is 4.79 Å². The van der Waals surface area contributed by atoms with Crippen molar-refractivity contribution in [1.29, 1.82) is 0 Å². The van der Waals surface area contributed by atoms with Crippen LogP contribution in [0.25, 0.3) is 0 Å². The standard InChI is InChI=1S/C14H28O9/c1-17-14(16)23-13-12-22-11-10-21-9-8-20-7-6-19-5-4-18-3-2-15/h15H,2-13H2,1H3. The molecular formula is C14H28O9. The number of ether oxygens (including phenoxy) is 7. The Hall–Kier alpha value is -0.970. The minimum atomic E-state index is -0.719. The topological polar surface area (TPSA) is 102 Å². The molecule has 23 heavy (non-hydrogen) atoms. The number of aliphatic hydroxyl groups excluding tert-OH is 1. The van der Waals surface area contributed by atoms with Crippen molar-refractivity contribution in [2.45, 2.75) is 0 Å². The maximum Gasteiger partial charge on any atom is 0.508 e. The molecule has 0 radical (unpaired) electrons. The number of carbonyl (C=O) groups is 1. The molecule has 0 aliphatic carbocycles. The van der Waals surface area contributed by atoms with Crippen LogP contribution >= 0.6 is 0 Å². The maximum absolute atomic E-state index is 10.6. The zero-order valence-electron chi connectivity index (χ0n) is 13.7. The molecule has 0 spiro atoms. The molecule has 0 unspecified atom stereocenters. The highest BCUT2D eigenvalue weighted by atomic mass is 16.7. The number of aliphatic hydroxyl groups is 1. The monoisotopic (exact) mass is 340 g/mol. The molecular weight excluding hydrogens is 312 g/mol. The van der Waals surface area contributed by atoms with Crippen LogP contribution in [0.2, 0.25) is 0 Å². The summed E-state index contributed by atoms with van der Waals surface area (Å²) in [6.07, 6.45) is -0.719. The van der Waals surface area contributed by atoms with E-state index >= 15 is 0 Å². The smallest absolute Gasteiger partial charge is 0.438 e. The first-order chi connectivity index (χ1) is 11.3. The lowest BCUT2D eigenvalue weighted by Gasteiger charge is -2.08. The van der Waals surface area contributed by atoms with E-state index in [1.165, 1.54) is 7.11 Å². The molecule has 0 amide bonds. The van der Waals surface area contributed by atoms with Crippen molar-refractivity contribution in [3.63, 3.8) is 0 Å². The van der Waals surface area contributed by atoms with Gasteiger partial charge in [0.2, 0.25) is 0 Å². The molecule has 0 aliphatic heterocycles. The minimum absolute atomic E-state index is 0.0232. The summed E-state index contributed by atoms with van der Waals surface area (Å²) < 4.78 is 35.0. The molecule has 0 fully saturated rings. The second-order valence-corrected chi connectivity index (χ2v) is 4.09. The lowest BCUT2D eigenvalue weighted by molar-refractivity contribution is -0.0173. The van der Waals surface area contributed by atoms with E-state index in [2.05, 4.69) is 9.47 Å². The predicted molar refractivity (Wildman–Crippen MR) is 79.5 cm³/mol. The third-order valence-corrected chi connectivity index (χ3v) is 2.34. The third-order valence-electron chi connectivity index (χ3n) is 2.34. The van der Waals surface area contributed by atoms with E-state index in [1.807, 2.05) is 0 Å². The van der Waals surface area contributed by atoms with Gasteiger partial charge in [0.25, 0.3) is 0 Å². The first kappa shape index (κ1) is 22.0. The number of hydrogen-bond donors (Lipinski definition) is 1. The fourth-order valence-corrected chi connectivity index (χ4v) is 1.29. The largest absolute Gasteiger partial charge is 0.508 e. The highest BCUT2D eigenvalue weighted by Gasteiger charge is 1.98. The Morgan fingerprint density at radius 2 is 1.00 bits per heavy atom. The van der Waals surface area contributed by atoms with Crippen molar-refractivity contribution in [2.75, 3.05) is 86.4 Å². The SMILES string of the molecule is COC(=O)OCCOCCOCCOCCOCCOCCO. The Kier molecular flexibility index (Phi) is 18.3. The van der Waals surface area contributed by atoms with Crippen LogP contribution < -0.4 is 0 Å². The molecule has 0 atom stereocenters. The van der Waals surface area contributed by atoms with Crippen LogP contribution in [0.3, 0.4) is 0 Å². The quantitative estimate of drug-likeness (QED) is 0.286. The summed E-state index contributed by atoms with van der Waals surface area (Å²) in [6.45, 7) is 4.56. The highest BCUT2D eigenvalue weighted by Crippen LogP contribution is 1.85. The van der Waals surface area contributed by atoms with Crippen molar-refractivity contribution < 1.29 is 43.1 Å². The van der Waals surface area contributed by atoms with Crippen molar-refractivity contribution in [3.05, 3.63) is 0 Å². The zero-order valence-corrected chi connectivity index (χ0v) is 13.7. The van der Waals surface area contributed by atoms with Gasteiger partial charge in [0.1, 0.15) is 6.61 Å². The molecule has 0 aliphatic rings. The summed E-state index contributed by atoms with van der Waals surface area (Å²) in [4.78, 5) is 10.6. The molecule has 1 N–H and O–H groups in total. The van der Waals surface area contributed by atoms with Crippen LogP contribution in [0.1, 0.15) is 0 Å². The summed E-state index contributed by atoms with van der Waals surface area (Å²) >= 11 is 0. The Balaban J connectivity index is 2.99. The molecule has 138 valence electrons. The summed E-state index contributed by atoms with van der Waals surface area (Å²) in [7, 11) is 1.25. The summed E-state index contributed by atoms with van der Waals surface area (Å²) in [5.41, 5.74) is 0. The second kappa shape index (κ2) is 19.1. The lowest BCUT2D eigenvalue weighted by Crippen LogP contribution is -2.15. The number of hydrogen-bond acceptors (Lipinski definition) is 9. The van der Waals surface area contributed by atoms with E-state index in [4.69, 9.17) is 28.8 Å². The fourth-order valence-electron chi connectivity index (χ4n) is 1.29. The number of methoxy groups -OCH3 is 1. The summed E-state index contributed by atoms with van der Waals surface area (Å²) in [5.74, 6) is 0. The van der Waals surface area contributed by atoms with Gasteiger partial charge in [-0.15, -0.1) is 0 Å². The van der Waals surface area contributed by atoms with Crippen molar-refractivity contribution in [1.82, 2.24) is 0 Å². The Morgan fingerprint density at radius 1 is 0.652 bits per heavy atom. The van der Waals surface area contributed by atoms with E-state index in [0.717, 1.165) is 0 Å². The molecule has 0 bridgehead atoms. The Labute approximate surface area is 136 Å². The van der Waals surface area contributed by atoms with Crippen LogP contribution in [-0.2, 0) is 33.2 Å². The van der Waals surface area contributed by atoms with Gasteiger partial charge in [0.05, 0.1) is 79.8 Å². The van der Waals surface area contributed by atoms with Gasteiger partial charge in [-0.25, -0.2) is 4.79 Å². The lowest BCUT2D eigenvalue weighted by atomic mass is 10.7. The van der Waals surface area contributed by atoms with Gasteiger partial charge in [0.15, 0.2) is 0 Å². The second-order valence-electron chi connectivity index (χ2n) is 4.09. The molecule has 0 saturated heterocycles. The van der Waals surface area contributed by atoms with Crippen molar-refractivity contribution >= 4 is 6.16 Å². The van der Waals surface area contributed by atoms with Gasteiger partial charge in [0, 0.05) is 0 Å². The molecule has 9 nitrogen and oxygen atoms in total. The van der Waals surface area contributed by atoms with Crippen LogP contribution in [0, 0.1) is 0 Å². The molecule has 0 rings (SSSR count). The van der Waals surface area contributed by atoms with Gasteiger partial charge in [-0.1, -0.05) is 0 Å². The Bertz CT molecular complexity index is 250. The zero-order chi connectivity index (χ0) is 17.0. The first-order valence-electron chi connectivity index (χ1n) is 7.51. The first-order valence-corrected chi connectivity index (χ1v) is 7.51. The molecule has 0 saturated carbocycles. The molecule has 0 aromatic rings. The van der Waals surface area contributed by atoms with Crippen molar-refractivity contribution in [3.8, 4) is 0 Å². The van der Waals surface area contributed by atoms with Gasteiger partial charge in [-0.05, 0) is 0 Å². The van der Waals surface area contributed by atoms with Gasteiger partial charge in [-0.2, -0.15) is 0 Å². The minimum Gasteiger partial charge on any atom is -0.438 e. The normalized spacial score (nSPS) is 10.7. The number of carbonyl (C=O) groups excluding carboxylic acids is 1. The molecule has 0 aromatic carbocycles. The van der Waals surface area contributed by atoms with Crippen LogP contribution in [0.5, 0.6) is 0 Å². The van der Waals surface area contributed by atoms with E-state index < -0.39 is 6.16 Å². The Morgan fingerprint density at radius 3 is 1.35 bits per heavy atom. The molecule has 9 heteroatoms. The average Bonchev–Trinajstić information content (AvgIpc) is 2.57. The average molecular weight is 340 g/mol. The van der Waals surface area contributed by atoms with Gasteiger partial charge >= 0.3 is 6.16 Å². The predicted octanol–water partition coefficient (Wildman–Crippen LogP) is -0.155. The van der Waals surface area contributed by atoms with Crippen LogP contribution in [0.4, 0.5) is 4.79 Å². The van der Waals surface area contributed by atoms with E-state index in [1.54, 1.807) is 0 Å². The third kappa shape index (κ3) is 19.0. The molecule has 0 heterocycles. The number of rotatable bonds is 17. The summed E-state index contributed by atoms with van der Waals surface area (Å²) in [5, 5.41) is 8.48. The van der Waals surface area contributed by atoms with Crippen molar-refractivity contribution in [2.24, 2.45) is 0 Å². The molecule has 0 aromatic heterocycles. The van der Waals surface area contributed by atoms with Gasteiger partial charge < -0.3 is 38.3 Å². The van der Waals surface area contributed by atoms with E-state index in [-0.39, 0.29) is 13.2 Å². The summed E-state index contributed by atoms with van der Waals surface area (Å²) in [6, 6.07) is 0. The fraction of sp³-hybridized carbons (Fsp3) is 0.929. The highest BCUT2D eigenvalue weighted by molar-refractivity contribution is 5.59. The van der Waals surface area contributed by atoms with Gasteiger partial charge in [-0.3, -0.25) is 0 Å². The maximum atomic E-state index is 10.6. The van der Waals surface area contributed by atoms with E-state index in [0.29, 0.717) is 66.1 Å². The van der Waals surface area contributed by atoms with Crippen LogP contribution in [-0.4, -0.2) is 97.7 Å². The van der Waals surface area contributed by atoms with Crippen LogP contribution in [0.15, 0.2) is 0 Å².